The van der Waals surface area contributed by atoms with Gasteiger partial charge >= 0.3 is 0 Å². The van der Waals surface area contributed by atoms with Crippen molar-refractivity contribution in [1.29, 1.82) is 0 Å². The van der Waals surface area contributed by atoms with Gasteiger partial charge in [-0.05, 0) is 23.8 Å². The molecule has 0 aliphatic carbocycles. The van der Waals surface area contributed by atoms with Gasteiger partial charge < -0.3 is 5.11 Å². The third-order valence-corrected chi connectivity index (χ3v) is 3.43. The van der Waals surface area contributed by atoms with Gasteiger partial charge in [-0.2, -0.15) is 0 Å². The van der Waals surface area contributed by atoms with E-state index in [1.165, 1.54) is 18.3 Å². The summed E-state index contributed by atoms with van der Waals surface area (Å²) in [6.07, 6.45) is 4.05. The molecule has 88 valence electrons. The van der Waals surface area contributed by atoms with Crippen LogP contribution in [0.15, 0.2) is 47.6 Å². The van der Waals surface area contributed by atoms with E-state index in [1.807, 2.05) is 0 Å². The van der Waals surface area contributed by atoms with Crippen molar-refractivity contribution in [3.05, 3.63) is 42.7 Å². The molecule has 0 radical (unpaired) electrons. The highest BCUT2D eigenvalue weighted by molar-refractivity contribution is 7.90. The molecule has 0 fully saturated rings. The molecule has 1 heterocycles. The maximum absolute atomic E-state index is 11.4. The first-order chi connectivity index (χ1) is 7.97. The third kappa shape index (κ3) is 2.62. The zero-order chi connectivity index (χ0) is 12.5. The number of aromatic hydroxyl groups is 1. The number of nitrogens with zero attached hydrogens (tertiary/aromatic N) is 1. The molecule has 1 N–H and O–H groups in total. The van der Waals surface area contributed by atoms with Gasteiger partial charge in [-0.25, -0.2) is 8.42 Å². The standard InChI is InChI=1S/C12H11NO3S/c1-17(15,16)12-4-2-3-9(6-12)10-5-11(14)8-13-7-10/h2-8,14H,1H3. The van der Waals surface area contributed by atoms with Crippen molar-refractivity contribution in [2.24, 2.45) is 0 Å². The Morgan fingerprint density at radius 1 is 1.12 bits per heavy atom. The van der Waals surface area contributed by atoms with E-state index in [2.05, 4.69) is 4.98 Å². The first kappa shape index (κ1) is 11.6. The minimum Gasteiger partial charge on any atom is -0.506 e. The van der Waals surface area contributed by atoms with Crippen LogP contribution in [-0.4, -0.2) is 24.8 Å². The topological polar surface area (TPSA) is 67.3 Å². The summed E-state index contributed by atoms with van der Waals surface area (Å²) in [7, 11) is -3.23. The Hall–Kier alpha value is -1.88. The Morgan fingerprint density at radius 2 is 1.88 bits per heavy atom. The molecule has 1 aromatic carbocycles. The van der Waals surface area contributed by atoms with Crippen LogP contribution < -0.4 is 0 Å². The van der Waals surface area contributed by atoms with Gasteiger partial charge in [-0.1, -0.05) is 12.1 Å². The molecule has 0 unspecified atom stereocenters. The van der Waals surface area contributed by atoms with Crippen molar-refractivity contribution in [3.8, 4) is 16.9 Å². The van der Waals surface area contributed by atoms with Gasteiger partial charge in [0.05, 0.1) is 11.1 Å². The van der Waals surface area contributed by atoms with Gasteiger partial charge in [0.25, 0.3) is 0 Å². The van der Waals surface area contributed by atoms with Crippen LogP contribution in [0.25, 0.3) is 11.1 Å². The Labute approximate surface area is 99.5 Å². The van der Waals surface area contributed by atoms with E-state index >= 15 is 0 Å². The Morgan fingerprint density at radius 3 is 2.53 bits per heavy atom. The molecule has 0 saturated heterocycles. The number of hydrogen-bond donors (Lipinski definition) is 1. The van der Waals surface area contributed by atoms with Gasteiger partial charge in [0.2, 0.25) is 0 Å². The molecule has 2 rings (SSSR count). The van der Waals surface area contributed by atoms with Crippen LogP contribution >= 0.6 is 0 Å². The highest BCUT2D eigenvalue weighted by Crippen LogP contribution is 2.24. The van der Waals surface area contributed by atoms with E-state index in [1.54, 1.807) is 24.4 Å². The average molecular weight is 249 g/mol. The van der Waals surface area contributed by atoms with E-state index < -0.39 is 9.84 Å². The highest BCUT2D eigenvalue weighted by atomic mass is 32.2. The van der Waals surface area contributed by atoms with Crippen molar-refractivity contribution < 1.29 is 13.5 Å². The minimum absolute atomic E-state index is 0.0484. The molecule has 0 spiro atoms. The third-order valence-electron chi connectivity index (χ3n) is 2.32. The predicted octanol–water partition coefficient (Wildman–Crippen LogP) is 1.86. The fourth-order valence-electron chi connectivity index (χ4n) is 1.49. The Balaban J connectivity index is 2.54. The van der Waals surface area contributed by atoms with Crippen molar-refractivity contribution in [1.82, 2.24) is 4.98 Å². The molecule has 5 heteroatoms. The molecular formula is C12H11NO3S. The maximum Gasteiger partial charge on any atom is 0.175 e. The summed E-state index contributed by atoms with van der Waals surface area (Å²) in [6, 6.07) is 8.07. The smallest absolute Gasteiger partial charge is 0.175 e. The van der Waals surface area contributed by atoms with Crippen LogP contribution in [0.4, 0.5) is 0 Å². The number of hydrogen-bond acceptors (Lipinski definition) is 4. The lowest BCUT2D eigenvalue weighted by atomic mass is 10.1. The van der Waals surface area contributed by atoms with Crippen molar-refractivity contribution in [3.63, 3.8) is 0 Å². The zero-order valence-electron chi connectivity index (χ0n) is 9.16. The molecule has 0 aliphatic rings. The number of sulfone groups is 1. The number of aromatic nitrogens is 1. The summed E-state index contributed by atoms with van der Waals surface area (Å²) in [6.45, 7) is 0. The molecule has 17 heavy (non-hydrogen) atoms. The van der Waals surface area contributed by atoms with Crippen molar-refractivity contribution in [2.75, 3.05) is 6.26 Å². The lowest BCUT2D eigenvalue weighted by Crippen LogP contribution is -1.96. The number of pyridine rings is 1. The van der Waals surface area contributed by atoms with Crippen LogP contribution in [0.1, 0.15) is 0 Å². The SMILES string of the molecule is CS(=O)(=O)c1cccc(-c2cncc(O)c2)c1. The molecule has 0 saturated carbocycles. The summed E-state index contributed by atoms with van der Waals surface area (Å²) < 4.78 is 22.8. The monoisotopic (exact) mass is 249 g/mol. The van der Waals surface area contributed by atoms with Crippen LogP contribution in [0.5, 0.6) is 5.75 Å². The highest BCUT2D eigenvalue weighted by Gasteiger charge is 2.08. The summed E-state index contributed by atoms with van der Waals surface area (Å²) in [4.78, 5) is 4.10. The zero-order valence-corrected chi connectivity index (χ0v) is 9.98. The van der Waals surface area contributed by atoms with Crippen molar-refractivity contribution >= 4 is 9.84 Å². The van der Waals surface area contributed by atoms with E-state index in [0.29, 0.717) is 11.1 Å². The molecule has 0 atom stereocenters. The van der Waals surface area contributed by atoms with Crippen LogP contribution in [0.3, 0.4) is 0 Å². The predicted molar refractivity (Wildman–Crippen MR) is 64.4 cm³/mol. The van der Waals surface area contributed by atoms with E-state index in [0.717, 1.165) is 6.26 Å². The number of benzene rings is 1. The van der Waals surface area contributed by atoms with Crippen molar-refractivity contribution in [2.45, 2.75) is 4.90 Å². The lowest BCUT2D eigenvalue weighted by Gasteiger charge is -2.04. The Bertz CT molecular complexity index is 650. The van der Waals surface area contributed by atoms with E-state index in [4.69, 9.17) is 0 Å². The van der Waals surface area contributed by atoms with E-state index in [9.17, 15) is 13.5 Å². The summed E-state index contributed by atoms with van der Waals surface area (Å²) >= 11 is 0. The minimum atomic E-state index is -3.23. The second-order valence-corrected chi connectivity index (χ2v) is 5.75. The lowest BCUT2D eigenvalue weighted by molar-refractivity contribution is 0.473. The largest absolute Gasteiger partial charge is 0.506 e. The molecule has 1 aromatic heterocycles. The van der Waals surface area contributed by atoms with Crippen LogP contribution in [0, 0.1) is 0 Å². The fraction of sp³-hybridized carbons (Fsp3) is 0.0833. The molecule has 0 amide bonds. The summed E-state index contributed by atoms with van der Waals surface area (Å²) in [5, 5.41) is 9.32. The van der Waals surface area contributed by atoms with Crippen LogP contribution in [-0.2, 0) is 9.84 Å². The van der Waals surface area contributed by atoms with Gasteiger partial charge in [-0.3, -0.25) is 4.98 Å². The van der Waals surface area contributed by atoms with Crippen LogP contribution in [0.2, 0.25) is 0 Å². The molecule has 0 bridgehead atoms. The van der Waals surface area contributed by atoms with Gasteiger partial charge in [0.15, 0.2) is 9.84 Å². The molecule has 0 aliphatic heterocycles. The number of rotatable bonds is 2. The normalized spacial score (nSPS) is 11.4. The summed E-state index contributed by atoms with van der Waals surface area (Å²) in [5.41, 5.74) is 1.38. The first-order valence-electron chi connectivity index (χ1n) is 4.91. The molecule has 4 nitrogen and oxygen atoms in total. The van der Waals surface area contributed by atoms with Gasteiger partial charge in [0, 0.05) is 18.0 Å². The second-order valence-electron chi connectivity index (χ2n) is 3.73. The maximum atomic E-state index is 11.4. The summed E-state index contributed by atoms with van der Waals surface area (Å²) in [5.74, 6) is 0.0484. The molecular weight excluding hydrogens is 238 g/mol. The average Bonchev–Trinajstić information content (AvgIpc) is 2.28. The van der Waals surface area contributed by atoms with Gasteiger partial charge in [-0.15, -0.1) is 0 Å². The fourth-order valence-corrected chi connectivity index (χ4v) is 2.16. The Kier molecular flexibility index (Phi) is 2.85. The quantitative estimate of drug-likeness (QED) is 0.882. The molecule has 2 aromatic rings. The second kappa shape index (κ2) is 4.18. The first-order valence-corrected chi connectivity index (χ1v) is 6.80. The van der Waals surface area contributed by atoms with E-state index in [-0.39, 0.29) is 10.6 Å². The van der Waals surface area contributed by atoms with Gasteiger partial charge in [0.1, 0.15) is 5.75 Å².